The number of allylic oxidation sites excluding steroid dienone is 6. The Morgan fingerprint density at radius 1 is 0.605 bits per heavy atom. The number of esters is 2. The molecule has 0 aromatic rings. The molecule has 0 fully saturated rings. The maximum Gasteiger partial charge on any atom is 0.306 e. The molecule has 0 aromatic carbocycles. The van der Waals surface area contributed by atoms with Crippen LogP contribution in [-0.2, 0) is 19.1 Å². The average Bonchev–Trinajstić information content (AvgIpc) is 2.92. The lowest BCUT2D eigenvalue weighted by molar-refractivity contribution is -0.161. The van der Waals surface area contributed by atoms with Gasteiger partial charge >= 0.3 is 11.9 Å². The summed E-state index contributed by atoms with van der Waals surface area (Å²) in [6.07, 6.45) is 33.3. The van der Waals surface area contributed by atoms with Crippen molar-refractivity contribution in [1.82, 2.24) is 0 Å². The summed E-state index contributed by atoms with van der Waals surface area (Å²) in [7, 11) is 0. The summed E-state index contributed by atoms with van der Waals surface area (Å²) in [6, 6.07) is 0. The van der Waals surface area contributed by atoms with E-state index >= 15 is 0 Å². The SMILES string of the molecule is CCC/C=C\C/C=C\CCCCCCCC(=O)OC(CO)COC(=O)CCCCCCC/C=C\CCCC. The highest BCUT2D eigenvalue weighted by atomic mass is 16.6. The van der Waals surface area contributed by atoms with E-state index in [1.165, 1.54) is 44.9 Å². The summed E-state index contributed by atoms with van der Waals surface area (Å²) in [4.78, 5) is 24.0. The molecule has 0 spiro atoms. The number of aliphatic hydroxyl groups is 1. The molecule has 5 heteroatoms. The number of aliphatic hydroxyl groups excluding tert-OH is 1. The van der Waals surface area contributed by atoms with Crippen molar-refractivity contribution in [3.63, 3.8) is 0 Å². The molecule has 1 N–H and O–H groups in total. The lowest BCUT2D eigenvalue weighted by Crippen LogP contribution is -2.28. The van der Waals surface area contributed by atoms with Gasteiger partial charge in [-0.15, -0.1) is 0 Å². The predicted octanol–water partition coefficient (Wildman–Crippen LogP) is 8.94. The second-order valence-electron chi connectivity index (χ2n) is 10.2. The molecule has 220 valence electrons. The predicted molar refractivity (Wildman–Crippen MR) is 159 cm³/mol. The molecule has 5 nitrogen and oxygen atoms in total. The van der Waals surface area contributed by atoms with E-state index < -0.39 is 6.10 Å². The summed E-state index contributed by atoms with van der Waals surface area (Å²) in [5, 5.41) is 9.47. The van der Waals surface area contributed by atoms with E-state index in [2.05, 4.69) is 50.3 Å². The highest BCUT2D eigenvalue weighted by Crippen LogP contribution is 2.11. The molecule has 0 aliphatic heterocycles. The molecular formula is C33H58O5. The van der Waals surface area contributed by atoms with Crippen LogP contribution in [0.15, 0.2) is 36.5 Å². The second-order valence-corrected chi connectivity index (χ2v) is 10.2. The number of carbonyl (C=O) groups is 2. The van der Waals surface area contributed by atoms with Crippen LogP contribution in [0.25, 0.3) is 0 Å². The van der Waals surface area contributed by atoms with E-state index in [1.807, 2.05) is 0 Å². The highest BCUT2D eigenvalue weighted by molar-refractivity contribution is 5.70. The summed E-state index contributed by atoms with van der Waals surface area (Å²) in [5.41, 5.74) is 0. The fourth-order valence-electron chi connectivity index (χ4n) is 3.98. The normalized spacial score (nSPS) is 12.6. The van der Waals surface area contributed by atoms with Gasteiger partial charge < -0.3 is 14.6 Å². The zero-order chi connectivity index (χ0) is 27.9. The zero-order valence-corrected chi connectivity index (χ0v) is 24.7. The van der Waals surface area contributed by atoms with E-state index in [9.17, 15) is 14.7 Å². The quantitative estimate of drug-likeness (QED) is 0.0647. The first-order valence-electron chi connectivity index (χ1n) is 15.5. The third-order valence-electron chi connectivity index (χ3n) is 6.39. The van der Waals surface area contributed by atoms with Crippen molar-refractivity contribution in [3.8, 4) is 0 Å². The maximum atomic E-state index is 12.1. The number of hydrogen-bond donors (Lipinski definition) is 1. The van der Waals surface area contributed by atoms with Crippen LogP contribution in [0.4, 0.5) is 0 Å². The summed E-state index contributed by atoms with van der Waals surface area (Å²) in [6.45, 7) is 3.98. The van der Waals surface area contributed by atoms with Gasteiger partial charge in [0.15, 0.2) is 6.10 Å². The summed E-state index contributed by atoms with van der Waals surface area (Å²) >= 11 is 0. The minimum atomic E-state index is -0.777. The van der Waals surface area contributed by atoms with E-state index in [-0.39, 0.29) is 25.2 Å². The fourth-order valence-corrected chi connectivity index (χ4v) is 3.98. The van der Waals surface area contributed by atoms with Crippen molar-refractivity contribution in [1.29, 1.82) is 0 Å². The van der Waals surface area contributed by atoms with Gasteiger partial charge in [0.1, 0.15) is 6.61 Å². The fraction of sp³-hybridized carbons (Fsp3) is 0.758. The van der Waals surface area contributed by atoms with Crippen LogP contribution < -0.4 is 0 Å². The van der Waals surface area contributed by atoms with E-state index in [0.717, 1.165) is 70.6 Å². The molecule has 1 atom stereocenters. The van der Waals surface area contributed by atoms with Gasteiger partial charge in [-0.2, -0.15) is 0 Å². The Bertz CT molecular complexity index is 623. The molecular weight excluding hydrogens is 476 g/mol. The molecule has 1 unspecified atom stereocenters. The van der Waals surface area contributed by atoms with Crippen LogP contribution in [0.3, 0.4) is 0 Å². The van der Waals surface area contributed by atoms with Crippen molar-refractivity contribution in [3.05, 3.63) is 36.5 Å². The number of ether oxygens (including phenoxy) is 2. The maximum absolute atomic E-state index is 12.1. The third-order valence-corrected chi connectivity index (χ3v) is 6.39. The van der Waals surface area contributed by atoms with Crippen molar-refractivity contribution >= 4 is 11.9 Å². The van der Waals surface area contributed by atoms with Gasteiger partial charge in [0, 0.05) is 12.8 Å². The van der Waals surface area contributed by atoms with Crippen LogP contribution >= 0.6 is 0 Å². The lowest BCUT2D eigenvalue weighted by atomic mass is 10.1. The van der Waals surface area contributed by atoms with Crippen molar-refractivity contribution in [2.45, 2.75) is 148 Å². The standard InChI is InChI=1S/C33H58O5/c1-3-5-7-9-11-13-15-16-18-20-22-24-26-28-33(36)38-31(29-34)30-37-32(35)27-25-23-21-19-17-14-12-10-8-6-4-2/h7,9-10,12-13,15,31,34H,3-6,8,11,14,16-30H2,1-2H3/b9-7-,12-10-,15-13-. The molecule has 0 saturated heterocycles. The van der Waals surface area contributed by atoms with Gasteiger partial charge in [-0.1, -0.05) is 108 Å². The van der Waals surface area contributed by atoms with E-state index in [1.54, 1.807) is 0 Å². The first-order valence-corrected chi connectivity index (χ1v) is 15.5. The smallest absolute Gasteiger partial charge is 0.306 e. The molecule has 0 aromatic heterocycles. The number of unbranched alkanes of at least 4 members (excludes halogenated alkanes) is 13. The van der Waals surface area contributed by atoms with Crippen molar-refractivity contribution in [2.75, 3.05) is 13.2 Å². The van der Waals surface area contributed by atoms with Crippen LogP contribution in [-0.4, -0.2) is 36.4 Å². The van der Waals surface area contributed by atoms with E-state index in [0.29, 0.717) is 12.8 Å². The van der Waals surface area contributed by atoms with Gasteiger partial charge in [-0.05, 0) is 57.8 Å². The Kier molecular flexibility index (Phi) is 28.2. The van der Waals surface area contributed by atoms with E-state index in [4.69, 9.17) is 9.47 Å². The van der Waals surface area contributed by atoms with Crippen molar-refractivity contribution in [2.24, 2.45) is 0 Å². The molecule has 0 amide bonds. The molecule has 0 heterocycles. The molecule has 0 aliphatic rings. The summed E-state index contributed by atoms with van der Waals surface area (Å²) in [5.74, 6) is -0.625. The minimum Gasteiger partial charge on any atom is -0.462 e. The van der Waals surface area contributed by atoms with Gasteiger partial charge in [-0.25, -0.2) is 0 Å². The Balaban J connectivity index is 3.65. The largest absolute Gasteiger partial charge is 0.462 e. The molecule has 0 radical (unpaired) electrons. The van der Waals surface area contributed by atoms with Gasteiger partial charge in [0.2, 0.25) is 0 Å². The van der Waals surface area contributed by atoms with Crippen LogP contribution in [0, 0.1) is 0 Å². The molecule has 0 saturated carbocycles. The van der Waals surface area contributed by atoms with Gasteiger partial charge in [0.25, 0.3) is 0 Å². The first kappa shape index (κ1) is 36.1. The second kappa shape index (κ2) is 29.7. The van der Waals surface area contributed by atoms with Crippen LogP contribution in [0.5, 0.6) is 0 Å². The Morgan fingerprint density at radius 3 is 1.68 bits per heavy atom. The molecule has 0 bridgehead atoms. The first-order chi connectivity index (χ1) is 18.6. The minimum absolute atomic E-state index is 0.0760. The van der Waals surface area contributed by atoms with Crippen molar-refractivity contribution < 1.29 is 24.2 Å². The molecule has 0 rings (SSSR count). The van der Waals surface area contributed by atoms with Gasteiger partial charge in [0.05, 0.1) is 6.61 Å². The third kappa shape index (κ3) is 27.2. The zero-order valence-electron chi connectivity index (χ0n) is 24.7. The lowest BCUT2D eigenvalue weighted by Gasteiger charge is -2.15. The Labute approximate surface area is 234 Å². The molecule has 38 heavy (non-hydrogen) atoms. The average molecular weight is 535 g/mol. The van der Waals surface area contributed by atoms with Crippen LogP contribution in [0.1, 0.15) is 142 Å². The molecule has 0 aliphatic carbocycles. The van der Waals surface area contributed by atoms with Gasteiger partial charge in [-0.3, -0.25) is 9.59 Å². The Morgan fingerprint density at radius 2 is 1.11 bits per heavy atom. The monoisotopic (exact) mass is 534 g/mol. The van der Waals surface area contributed by atoms with Crippen LogP contribution in [0.2, 0.25) is 0 Å². The topological polar surface area (TPSA) is 72.8 Å². The number of rotatable bonds is 27. The Hall–Kier alpha value is -1.88. The number of hydrogen-bond acceptors (Lipinski definition) is 5. The number of carbonyl (C=O) groups excluding carboxylic acids is 2. The summed E-state index contributed by atoms with van der Waals surface area (Å²) < 4.78 is 10.5. The highest BCUT2D eigenvalue weighted by Gasteiger charge is 2.16.